The van der Waals surface area contributed by atoms with Crippen LogP contribution in [0.3, 0.4) is 0 Å². The van der Waals surface area contributed by atoms with Gasteiger partial charge in [-0.25, -0.2) is 18.5 Å². The highest BCUT2D eigenvalue weighted by atomic mass is 32.1. The number of carboxylic acids is 1. The number of hydrogen-bond acceptors (Lipinski definition) is 7. The van der Waals surface area contributed by atoms with Crippen LogP contribution < -0.4 is 16.0 Å². The van der Waals surface area contributed by atoms with Crippen molar-refractivity contribution in [3.8, 4) is 10.8 Å². The lowest BCUT2D eigenvalue weighted by Crippen LogP contribution is -2.52. The molecule has 0 atom stereocenters. The van der Waals surface area contributed by atoms with Gasteiger partial charge in [0.15, 0.2) is 0 Å². The number of carbonyl (C=O) groups is 1. The van der Waals surface area contributed by atoms with Gasteiger partial charge in [-0.15, -0.1) is 4.80 Å². The zero-order valence-corrected chi connectivity index (χ0v) is 21.8. The van der Waals surface area contributed by atoms with Crippen LogP contribution in [0.15, 0.2) is 40.2 Å². The van der Waals surface area contributed by atoms with E-state index < -0.39 is 28.6 Å². The van der Waals surface area contributed by atoms with Crippen molar-refractivity contribution in [1.82, 2.24) is 24.1 Å². The van der Waals surface area contributed by atoms with E-state index in [-0.39, 0.29) is 18.4 Å². The Kier molecular flexibility index (Phi) is 7.30. The van der Waals surface area contributed by atoms with Crippen molar-refractivity contribution in [2.24, 2.45) is 0 Å². The Balaban J connectivity index is 1.90. The highest BCUT2D eigenvalue weighted by molar-refractivity contribution is 7.21. The first-order valence-electron chi connectivity index (χ1n) is 11.9. The van der Waals surface area contributed by atoms with Crippen molar-refractivity contribution in [3.05, 3.63) is 68.4 Å². The number of thiophene rings is 1. The topological polar surface area (TPSA) is 121 Å². The maximum Gasteiger partial charge on any atom is 0.333 e. The maximum atomic E-state index is 14.1. The lowest BCUT2D eigenvalue weighted by Gasteiger charge is -2.23. The molecule has 12 heteroatoms. The first kappa shape index (κ1) is 26.3. The van der Waals surface area contributed by atoms with Crippen LogP contribution in [-0.2, 0) is 23.3 Å². The fraction of sp³-hybridized carbons (Fsp3) is 0.400. The van der Waals surface area contributed by atoms with Gasteiger partial charge in [-0.2, -0.15) is 10.2 Å². The minimum absolute atomic E-state index is 0.0603. The zero-order chi connectivity index (χ0) is 26.9. The molecule has 1 N–H and O–H groups in total. The molecule has 196 valence electrons. The zero-order valence-electron chi connectivity index (χ0n) is 21.0. The normalized spacial score (nSPS) is 11.8. The van der Waals surface area contributed by atoms with Crippen LogP contribution in [0.1, 0.15) is 44.7 Å². The van der Waals surface area contributed by atoms with Gasteiger partial charge in [0.05, 0.1) is 24.4 Å². The molecule has 10 nitrogen and oxygen atoms in total. The Morgan fingerprint density at radius 3 is 2.57 bits per heavy atom. The number of carboxylic acid groups (broad SMARTS) is 1. The Bertz CT molecular complexity index is 1570. The molecule has 37 heavy (non-hydrogen) atoms. The molecule has 0 fully saturated rings. The molecule has 0 aliphatic carbocycles. The van der Waals surface area contributed by atoms with Gasteiger partial charge in [-0.1, -0.05) is 24.7 Å². The largest absolute Gasteiger partial charge is 0.493 e. The Morgan fingerprint density at radius 2 is 1.92 bits per heavy atom. The van der Waals surface area contributed by atoms with Crippen LogP contribution >= 0.6 is 11.3 Å². The van der Waals surface area contributed by atoms with E-state index in [1.54, 1.807) is 13.0 Å². The third-order valence-electron chi connectivity index (χ3n) is 6.25. The molecular weight excluding hydrogens is 501 g/mol. The van der Waals surface area contributed by atoms with Crippen molar-refractivity contribution >= 4 is 27.5 Å². The minimum atomic E-state index is -1.81. The van der Waals surface area contributed by atoms with E-state index in [4.69, 9.17) is 4.74 Å². The molecule has 3 aromatic heterocycles. The van der Waals surface area contributed by atoms with Gasteiger partial charge < -0.3 is 9.84 Å². The first-order valence-corrected chi connectivity index (χ1v) is 12.7. The van der Waals surface area contributed by atoms with Crippen molar-refractivity contribution in [3.63, 3.8) is 0 Å². The number of halogens is 1. The minimum Gasteiger partial charge on any atom is -0.493 e. The summed E-state index contributed by atoms with van der Waals surface area (Å²) in [5.41, 5.74) is -2.19. The second kappa shape index (κ2) is 10.3. The fourth-order valence-corrected chi connectivity index (χ4v) is 5.31. The number of aryl methyl sites for hydroxylation is 3. The van der Waals surface area contributed by atoms with E-state index in [2.05, 4.69) is 10.2 Å². The molecule has 0 bridgehead atoms. The summed E-state index contributed by atoms with van der Waals surface area (Å²) in [6.07, 6.45) is 4.98. The SMILES string of the molecule is CCCCOc1ccc(F)cc1CCn1c(=O)n(C(C)(C)C(=O)O)c(=O)c2c(C)c(-n3nccn3)sc21. The standard InChI is InChI=1S/C25H28FN5O5S/c1-5-6-13-36-18-8-7-17(26)14-16(18)9-12-29-22-19(15(2)21(37-22)31-27-10-11-28-31)20(32)30(24(29)35)25(3,4)23(33)34/h7-8,10-11,14H,5-6,9,12-13H2,1-4H3,(H,33,34). The summed E-state index contributed by atoms with van der Waals surface area (Å²) in [6.45, 7) is 6.89. The number of benzene rings is 1. The number of aromatic nitrogens is 5. The summed E-state index contributed by atoms with van der Waals surface area (Å²) in [5, 5.41) is 18.9. The molecule has 3 heterocycles. The van der Waals surface area contributed by atoms with Crippen LogP contribution in [0.2, 0.25) is 0 Å². The molecule has 0 aliphatic heterocycles. The van der Waals surface area contributed by atoms with Crippen LogP contribution in [0.25, 0.3) is 15.2 Å². The summed E-state index contributed by atoms with van der Waals surface area (Å²) < 4.78 is 22.1. The van der Waals surface area contributed by atoms with Crippen molar-refractivity contribution in [1.29, 1.82) is 0 Å². The van der Waals surface area contributed by atoms with Gasteiger partial charge in [0.2, 0.25) is 0 Å². The average Bonchev–Trinajstić information content (AvgIpc) is 3.48. The van der Waals surface area contributed by atoms with E-state index in [1.165, 1.54) is 47.7 Å². The van der Waals surface area contributed by atoms with Crippen LogP contribution in [0.4, 0.5) is 4.39 Å². The third kappa shape index (κ3) is 4.80. The Morgan fingerprint density at radius 1 is 1.22 bits per heavy atom. The second-order valence-corrected chi connectivity index (χ2v) is 10.2. The Hall–Kier alpha value is -3.80. The van der Waals surface area contributed by atoms with Gasteiger partial charge in [0.1, 0.15) is 26.9 Å². The number of fused-ring (bicyclic) bond motifs is 1. The molecule has 0 amide bonds. The van der Waals surface area contributed by atoms with Crippen molar-refractivity contribution in [2.45, 2.75) is 59.0 Å². The quantitative estimate of drug-likeness (QED) is 0.312. The summed E-state index contributed by atoms with van der Waals surface area (Å²) in [7, 11) is 0. The molecule has 0 saturated heterocycles. The number of aliphatic carboxylic acids is 1. The van der Waals surface area contributed by atoms with Gasteiger partial charge in [0.25, 0.3) is 5.56 Å². The van der Waals surface area contributed by atoms with E-state index >= 15 is 0 Å². The highest BCUT2D eigenvalue weighted by Gasteiger charge is 2.35. The van der Waals surface area contributed by atoms with Gasteiger partial charge in [-0.05, 0) is 57.4 Å². The highest BCUT2D eigenvalue weighted by Crippen LogP contribution is 2.31. The molecule has 0 radical (unpaired) electrons. The molecule has 4 rings (SSSR count). The van der Waals surface area contributed by atoms with Crippen molar-refractivity contribution < 1.29 is 19.0 Å². The van der Waals surface area contributed by atoms with Crippen LogP contribution in [0.5, 0.6) is 5.75 Å². The van der Waals surface area contributed by atoms with E-state index in [0.717, 1.165) is 28.7 Å². The molecule has 0 saturated carbocycles. The number of rotatable bonds is 10. The van der Waals surface area contributed by atoms with Crippen molar-refractivity contribution in [2.75, 3.05) is 6.61 Å². The number of hydrogen-bond donors (Lipinski definition) is 1. The molecule has 4 aromatic rings. The van der Waals surface area contributed by atoms with E-state index in [1.807, 2.05) is 6.92 Å². The van der Waals surface area contributed by atoms with Gasteiger partial charge >= 0.3 is 11.7 Å². The van der Waals surface area contributed by atoms with Gasteiger partial charge in [-0.3, -0.25) is 9.36 Å². The molecule has 1 aromatic carbocycles. The average molecular weight is 530 g/mol. The van der Waals surface area contributed by atoms with E-state index in [9.17, 15) is 23.9 Å². The van der Waals surface area contributed by atoms with Gasteiger partial charge in [0, 0.05) is 12.1 Å². The Labute approximate surface area is 215 Å². The van der Waals surface area contributed by atoms with Crippen LogP contribution in [0, 0.1) is 12.7 Å². The second-order valence-electron chi connectivity index (χ2n) is 9.17. The summed E-state index contributed by atoms with van der Waals surface area (Å²) >= 11 is 1.16. The lowest BCUT2D eigenvalue weighted by molar-refractivity contribution is -0.146. The molecule has 0 unspecified atom stereocenters. The number of unbranched alkanes of at least 4 members (excludes halogenated alkanes) is 1. The monoisotopic (exact) mass is 529 g/mol. The molecular formula is C25H28FN5O5S. The maximum absolute atomic E-state index is 14.1. The number of nitrogens with zero attached hydrogens (tertiary/aromatic N) is 5. The predicted molar refractivity (Wildman–Crippen MR) is 137 cm³/mol. The predicted octanol–water partition coefficient (Wildman–Crippen LogP) is 3.49. The third-order valence-corrected chi connectivity index (χ3v) is 7.53. The summed E-state index contributed by atoms with van der Waals surface area (Å²) in [4.78, 5) is 41.0. The molecule has 0 spiro atoms. The fourth-order valence-electron chi connectivity index (χ4n) is 4.07. The lowest BCUT2D eigenvalue weighted by atomic mass is 10.1. The number of ether oxygens (including phenoxy) is 1. The molecule has 0 aliphatic rings. The van der Waals surface area contributed by atoms with E-state index in [0.29, 0.717) is 33.3 Å². The van der Waals surface area contributed by atoms with Crippen LogP contribution in [-0.4, -0.2) is 41.8 Å². The summed E-state index contributed by atoms with van der Waals surface area (Å²) in [6, 6.07) is 4.24. The first-order chi connectivity index (χ1) is 17.6. The summed E-state index contributed by atoms with van der Waals surface area (Å²) in [5.74, 6) is -1.25. The smallest absolute Gasteiger partial charge is 0.333 e.